The summed E-state index contributed by atoms with van der Waals surface area (Å²) in [6, 6.07) is 61.3. The lowest BCUT2D eigenvalue weighted by Crippen LogP contribution is -1.94. The summed E-state index contributed by atoms with van der Waals surface area (Å²) in [6.07, 6.45) is 0. The molecule has 8 aromatic carbocycles. The molecule has 0 saturated carbocycles. The summed E-state index contributed by atoms with van der Waals surface area (Å²) >= 11 is 0. The van der Waals surface area contributed by atoms with Gasteiger partial charge in [-0.15, -0.1) is 0 Å². The Balaban J connectivity index is 1.03. The zero-order valence-electron chi connectivity index (χ0n) is 26.5. The number of fused-ring (bicyclic) bond motifs is 11. The molecule has 0 saturated heterocycles. The van der Waals surface area contributed by atoms with Crippen molar-refractivity contribution in [3.63, 3.8) is 0 Å². The highest BCUT2D eigenvalue weighted by Crippen LogP contribution is 2.41. The van der Waals surface area contributed by atoms with Crippen molar-refractivity contribution in [3.05, 3.63) is 170 Å². The first-order chi connectivity index (χ1) is 24.3. The molecule has 0 aliphatic heterocycles. The number of hydrogen-bond acceptors (Lipinski definition) is 1. The van der Waals surface area contributed by atoms with E-state index in [0.29, 0.717) is 0 Å². The monoisotopic (exact) mass is 624 g/mol. The Morgan fingerprint density at radius 1 is 0.347 bits per heavy atom. The maximum absolute atomic E-state index is 6.56. The standard InChI is InChI=1S/C46H28N2O/c1-5-13-41-35(9-1)36-10-2-6-14-42(36)47(41)33-22-19-29(20-23-33)30-17-18-32-28-34(24-21-31(32)27-30)48-43-15-7-3-11-37(43)39-25-26-40-38-12-4-8-16-44(38)49-46(40)45(39)48/h1-28H. The van der Waals surface area contributed by atoms with Gasteiger partial charge in [-0.05, 0) is 82.6 Å². The van der Waals surface area contributed by atoms with Crippen LogP contribution in [0.1, 0.15) is 0 Å². The molecule has 3 heteroatoms. The van der Waals surface area contributed by atoms with E-state index in [1.807, 2.05) is 6.07 Å². The van der Waals surface area contributed by atoms with Crippen LogP contribution < -0.4 is 0 Å². The van der Waals surface area contributed by atoms with Gasteiger partial charge < -0.3 is 13.6 Å². The van der Waals surface area contributed by atoms with Crippen molar-refractivity contribution in [2.75, 3.05) is 0 Å². The van der Waals surface area contributed by atoms with Crippen LogP contribution in [0.3, 0.4) is 0 Å². The summed E-state index contributed by atoms with van der Waals surface area (Å²) in [7, 11) is 0. The van der Waals surface area contributed by atoms with Gasteiger partial charge in [0.05, 0.1) is 22.1 Å². The van der Waals surface area contributed by atoms with Crippen LogP contribution >= 0.6 is 0 Å². The Kier molecular flexibility index (Phi) is 5.38. The van der Waals surface area contributed by atoms with Crippen LogP contribution in [0.2, 0.25) is 0 Å². The molecule has 0 aliphatic rings. The van der Waals surface area contributed by atoms with E-state index < -0.39 is 0 Å². The molecule has 0 fully saturated rings. The molecule has 0 N–H and O–H groups in total. The van der Waals surface area contributed by atoms with Gasteiger partial charge in [-0.25, -0.2) is 0 Å². The van der Waals surface area contributed by atoms with E-state index in [1.54, 1.807) is 0 Å². The normalized spacial score (nSPS) is 12.1. The zero-order valence-corrected chi connectivity index (χ0v) is 26.5. The van der Waals surface area contributed by atoms with E-state index in [1.165, 1.54) is 60.0 Å². The third-order valence-electron chi connectivity index (χ3n) is 10.3. The topological polar surface area (TPSA) is 23.0 Å². The molecule has 0 radical (unpaired) electrons. The molecule has 0 bridgehead atoms. The maximum Gasteiger partial charge on any atom is 0.160 e. The van der Waals surface area contributed by atoms with Crippen molar-refractivity contribution in [1.29, 1.82) is 0 Å². The summed E-state index contributed by atoms with van der Waals surface area (Å²) in [5, 5.41) is 9.67. The third-order valence-corrected chi connectivity index (χ3v) is 10.3. The minimum Gasteiger partial charge on any atom is -0.454 e. The Morgan fingerprint density at radius 2 is 0.878 bits per heavy atom. The highest BCUT2D eigenvalue weighted by Gasteiger charge is 2.19. The third kappa shape index (κ3) is 3.78. The van der Waals surface area contributed by atoms with Gasteiger partial charge in [0, 0.05) is 43.7 Å². The quantitative estimate of drug-likeness (QED) is 0.192. The van der Waals surface area contributed by atoms with E-state index in [4.69, 9.17) is 4.42 Å². The number of benzene rings is 8. The van der Waals surface area contributed by atoms with Crippen LogP contribution in [0.15, 0.2) is 174 Å². The van der Waals surface area contributed by atoms with Crippen LogP contribution in [0, 0.1) is 0 Å². The van der Waals surface area contributed by atoms with Gasteiger partial charge in [-0.3, -0.25) is 0 Å². The Morgan fingerprint density at radius 3 is 1.61 bits per heavy atom. The SMILES string of the molecule is c1ccc2c(c1)oc1c2ccc2c3ccccc3n(-c3ccc4cc(-c5ccc(-n6c7ccccc7c7ccccc76)cc5)ccc4c3)c21. The molecule has 3 nitrogen and oxygen atoms in total. The lowest BCUT2D eigenvalue weighted by atomic mass is 10.0. The second kappa shape index (κ2) is 9.96. The van der Waals surface area contributed by atoms with Crippen molar-refractivity contribution in [2.24, 2.45) is 0 Å². The first kappa shape index (κ1) is 26.5. The Bertz CT molecular complexity index is 3050. The average molecular weight is 625 g/mol. The van der Waals surface area contributed by atoms with Gasteiger partial charge in [0.25, 0.3) is 0 Å². The fraction of sp³-hybridized carbons (Fsp3) is 0. The molecule has 228 valence electrons. The molecular formula is C46H28N2O. The molecular weight excluding hydrogens is 597 g/mol. The summed E-state index contributed by atoms with van der Waals surface area (Å²) in [4.78, 5) is 0. The second-order valence-corrected chi connectivity index (χ2v) is 13.0. The first-order valence-electron chi connectivity index (χ1n) is 16.8. The van der Waals surface area contributed by atoms with Crippen LogP contribution in [0.4, 0.5) is 0 Å². The summed E-state index contributed by atoms with van der Waals surface area (Å²) in [5.41, 5.74) is 11.3. The number of nitrogens with zero attached hydrogens (tertiary/aromatic N) is 2. The summed E-state index contributed by atoms with van der Waals surface area (Å²) < 4.78 is 11.3. The second-order valence-electron chi connectivity index (χ2n) is 13.0. The van der Waals surface area contributed by atoms with Gasteiger partial charge in [-0.1, -0.05) is 109 Å². The van der Waals surface area contributed by atoms with Gasteiger partial charge in [0.2, 0.25) is 0 Å². The highest BCUT2D eigenvalue weighted by atomic mass is 16.3. The number of furan rings is 1. The lowest BCUT2D eigenvalue weighted by Gasteiger charge is -2.11. The smallest absolute Gasteiger partial charge is 0.160 e. The first-order valence-corrected chi connectivity index (χ1v) is 16.8. The Hall–Kier alpha value is -6.58. The van der Waals surface area contributed by atoms with Gasteiger partial charge >= 0.3 is 0 Å². The van der Waals surface area contributed by atoms with E-state index in [-0.39, 0.29) is 0 Å². The van der Waals surface area contributed by atoms with Crippen LogP contribution in [-0.2, 0) is 0 Å². The van der Waals surface area contributed by atoms with Crippen molar-refractivity contribution in [2.45, 2.75) is 0 Å². The van der Waals surface area contributed by atoms with E-state index in [0.717, 1.165) is 38.8 Å². The largest absolute Gasteiger partial charge is 0.454 e. The van der Waals surface area contributed by atoms with E-state index in [9.17, 15) is 0 Å². The molecule has 49 heavy (non-hydrogen) atoms. The van der Waals surface area contributed by atoms with Gasteiger partial charge in [-0.2, -0.15) is 0 Å². The zero-order chi connectivity index (χ0) is 32.1. The van der Waals surface area contributed by atoms with Gasteiger partial charge in [0.1, 0.15) is 5.58 Å². The number of rotatable bonds is 3. The maximum atomic E-state index is 6.56. The fourth-order valence-electron chi connectivity index (χ4n) is 8.05. The predicted octanol–water partition coefficient (Wildman–Crippen LogP) is 12.6. The fourth-order valence-corrected chi connectivity index (χ4v) is 8.05. The molecule has 3 aromatic heterocycles. The number of aromatic nitrogens is 2. The van der Waals surface area contributed by atoms with Crippen molar-refractivity contribution in [3.8, 4) is 22.5 Å². The molecule has 0 aliphatic carbocycles. The van der Waals surface area contributed by atoms with Crippen molar-refractivity contribution in [1.82, 2.24) is 9.13 Å². The van der Waals surface area contributed by atoms with Crippen LogP contribution in [0.5, 0.6) is 0 Å². The van der Waals surface area contributed by atoms with Crippen LogP contribution in [0.25, 0.3) is 98.8 Å². The minimum absolute atomic E-state index is 0.913. The van der Waals surface area contributed by atoms with E-state index >= 15 is 0 Å². The van der Waals surface area contributed by atoms with Gasteiger partial charge in [0.15, 0.2) is 5.58 Å². The molecule has 0 spiro atoms. The molecule has 11 aromatic rings. The highest BCUT2D eigenvalue weighted by molar-refractivity contribution is 6.21. The number of hydrogen-bond donors (Lipinski definition) is 0. The minimum atomic E-state index is 0.913. The lowest BCUT2D eigenvalue weighted by molar-refractivity contribution is 0.671. The molecule has 11 rings (SSSR count). The van der Waals surface area contributed by atoms with Crippen molar-refractivity contribution < 1.29 is 4.42 Å². The number of para-hydroxylation sites is 4. The predicted molar refractivity (Wildman–Crippen MR) is 205 cm³/mol. The Labute approximate surface area is 281 Å². The molecule has 0 atom stereocenters. The molecule has 0 amide bonds. The van der Waals surface area contributed by atoms with Crippen LogP contribution in [-0.4, -0.2) is 9.13 Å². The van der Waals surface area contributed by atoms with Crippen molar-refractivity contribution >= 4 is 76.3 Å². The molecule has 3 heterocycles. The molecule has 0 unspecified atom stereocenters. The van der Waals surface area contributed by atoms with E-state index in [2.05, 4.69) is 173 Å². The average Bonchev–Trinajstić information content (AvgIpc) is 3.82. The summed E-state index contributed by atoms with van der Waals surface area (Å²) in [6.45, 7) is 0. The summed E-state index contributed by atoms with van der Waals surface area (Å²) in [5.74, 6) is 0.